The summed E-state index contributed by atoms with van der Waals surface area (Å²) in [7, 11) is 0. The fourth-order valence-corrected chi connectivity index (χ4v) is 1.68. The molecule has 1 rings (SSSR count). The van der Waals surface area contributed by atoms with Crippen molar-refractivity contribution in [3.05, 3.63) is 29.6 Å². The summed E-state index contributed by atoms with van der Waals surface area (Å²) in [5.74, 6) is -2.50. The van der Waals surface area contributed by atoms with Crippen molar-refractivity contribution in [3.63, 3.8) is 0 Å². The number of unbranched alkanes of at least 4 members (excludes halogenated alkanes) is 1. The zero-order valence-corrected chi connectivity index (χ0v) is 11.6. The molecule has 3 N–H and O–H groups in total. The number of rotatable bonds is 7. The van der Waals surface area contributed by atoms with E-state index in [9.17, 15) is 18.8 Å². The Morgan fingerprint density at radius 2 is 1.95 bits per heavy atom. The third kappa shape index (κ3) is 6.03. The first-order valence-electron chi connectivity index (χ1n) is 6.47. The topological polar surface area (TPSA) is 95.5 Å². The minimum Gasteiger partial charge on any atom is -0.481 e. The summed E-state index contributed by atoms with van der Waals surface area (Å²) in [6.07, 6.45) is 0.956. The molecule has 0 bridgehead atoms. The van der Waals surface area contributed by atoms with Crippen LogP contribution >= 0.6 is 0 Å². The Kier molecular flexibility index (Phi) is 6.32. The molecule has 0 saturated carbocycles. The second-order valence-electron chi connectivity index (χ2n) is 4.48. The molecule has 0 saturated heterocycles. The first-order valence-corrected chi connectivity index (χ1v) is 6.47. The van der Waals surface area contributed by atoms with Crippen molar-refractivity contribution in [2.75, 3.05) is 11.9 Å². The quantitative estimate of drug-likeness (QED) is 0.668. The maximum absolute atomic E-state index is 13.6. The fraction of sp³-hybridized carbons (Fsp3) is 0.357. The van der Waals surface area contributed by atoms with E-state index in [1.54, 1.807) is 0 Å². The van der Waals surface area contributed by atoms with Gasteiger partial charge in [0.2, 0.25) is 5.91 Å². The van der Waals surface area contributed by atoms with Crippen LogP contribution in [0.5, 0.6) is 0 Å². The van der Waals surface area contributed by atoms with Gasteiger partial charge in [-0.25, -0.2) is 4.39 Å². The van der Waals surface area contributed by atoms with Crippen LogP contribution in [0, 0.1) is 5.82 Å². The van der Waals surface area contributed by atoms with Crippen LogP contribution in [-0.2, 0) is 9.59 Å². The maximum atomic E-state index is 13.6. The average Bonchev–Trinajstić information content (AvgIpc) is 2.39. The minimum absolute atomic E-state index is 0.0300. The van der Waals surface area contributed by atoms with E-state index in [2.05, 4.69) is 10.6 Å². The number of hydrogen-bond acceptors (Lipinski definition) is 3. The summed E-state index contributed by atoms with van der Waals surface area (Å²) < 4.78 is 13.6. The lowest BCUT2D eigenvalue weighted by molar-refractivity contribution is -0.137. The summed E-state index contributed by atoms with van der Waals surface area (Å²) in [5.41, 5.74) is 0.166. The molecule has 0 aliphatic carbocycles. The molecule has 1 aromatic rings. The highest BCUT2D eigenvalue weighted by Crippen LogP contribution is 2.14. The normalized spacial score (nSPS) is 10.0. The van der Waals surface area contributed by atoms with Crippen molar-refractivity contribution in [3.8, 4) is 0 Å². The molecular weight excluding hydrogens is 279 g/mol. The first-order chi connectivity index (χ1) is 9.90. The minimum atomic E-state index is -0.893. The van der Waals surface area contributed by atoms with E-state index in [0.717, 1.165) is 6.07 Å². The Hall–Kier alpha value is -2.44. The summed E-state index contributed by atoms with van der Waals surface area (Å²) in [6.45, 7) is 1.57. The fourth-order valence-electron chi connectivity index (χ4n) is 1.68. The van der Waals surface area contributed by atoms with Crippen LogP contribution in [0.15, 0.2) is 18.2 Å². The SMILES string of the molecule is CC(=O)Nc1ccc(F)c(C(=O)NCCCCC(=O)O)c1. The Labute approximate surface area is 121 Å². The van der Waals surface area contributed by atoms with E-state index in [0.29, 0.717) is 18.5 Å². The van der Waals surface area contributed by atoms with E-state index < -0.39 is 17.7 Å². The van der Waals surface area contributed by atoms with Gasteiger partial charge in [-0.15, -0.1) is 0 Å². The Morgan fingerprint density at radius 3 is 2.57 bits per heavy atom. The number of aliphatic carboxylic acids is 1. The number of halogens is 1. The molecule has 2 amide bonds. The van der Waals surface area contributed by atoms with Gasteiger partial charge in [0, 0.05) is 25.6 Å². The van der Waals surface area contributed by atoms with Gasteiger partial charge in [-0.1, -0.05) is 0 Å². The van der Waals surface area contributed by atoms with E-state index in [1.807, 2.05) is 0 Å². The van der Waals surface area contributed by atoms with E-state index in [1.165, 1.54) is 19.1 Å². The van der Waals surface area contributed by atoms with Crippen LogP contribution in [0.4, 0.5) is 10.1 Å². The standard InChI is InChI=1S/C14H17FN2O4/c1-9(18)17-10-5-6-12(15)11(8-10)14(21)16-7-3-2-4-13(19)20/h5-6,8H,2-4,7H2,1H3,(H,16,21)(H,17,18)(H,19,20). The van der Waals surface area contributed by atoms with Gasteiger partial charge in [-0.3, -0.25) is 14.4 Å². The van der Waals surface area contributed by atoms with Crippen LogP contribution in [0.3, 0.4) is 0 Å². The zero-order chi connectivity index (χ0) is 15.8. The summed E-state index contributed by atoms with van der Waals surface area (Å²) in [4.78, 5) is 33.1. The Balaban J connectivity index is 2.56. The highest BCUT2D eigenvalue weighted by Gasteiger charge is 2.12. The molecule has 21 heavy (non-hydrogen) atoms. The van der Waals surface area contributed by atoms with Gasteiger partial charge < -0.3 is 15.7 Å². The molecular formula is C14H17FN2O4. The van der Waals surface area contributed by atoms with Crippen LogP contribution in [-0.4, -0.2) is 29.4 Å². The van der Waals surface area contributed by atoms with E-state index >= 15 is 0 Å². The van der Waals surface area contributed by atoms with Crippen molar-refractivity contribution in [2.24, 2.45) is 0 Å². The highest BCUT2D eigenvalue weighted by atomic mass is 19.1. The van der Waals surface area contributed by atoms with Crippen molar-refractivity contribution in [1.29, 1.82) is 0 Å². The van der Waals surface area contributed by atoms with Gasteiger partial charge in [-0.05, 0) is 31.0 Å². The number of carbonyl (C=O) groups is 3. The van der Waals surface area contributed by atoms with Gasteiger partial charge in [0.05, 0.1) is 5.56 Å². The highest BCUT2D eigenvalue weighted by molar-refractivity contribution is 5.97. The Bertz CT molecular complexity index is 546. The molecule has 0 atom stereocenters. The molecule has 0 aliphatic heterocycles. The summed E-state index contributed by atoms with van der Waals surface area (Å²) in [6, 6.07) is 3.72. The molecule has 0 aromatic heterocycles. The van der Waals surface area contributed by atoms with Gasteiger partial charge in [0.25, 0.3) is 5.91 Å². The van der Waals surface area contributed by atoms with Crippen LogP contribution in [0.1, 0.15) is 36.5 Å². The van der Waals surface area contributed by atoms with Crippen molar-refractivity contribution < 1.29 is 23.9 Å². The molecule has 0 aliphatic rings. The van der Waals surface area contributed by atoms with Crippen LogP contribution in [0.25, 0.3) is 0 Å². The number of hydrogen-bond donors (Lipinski definition) is 3. The van der Waals surface area contributed by atoms with Gasteiger partial charge in [-0.2, -0.15) is 0 Å². The van der Waals surface area contributed by atoms with Crippen molar-refractivity contribution in [1.82, 2.24) is 5.32 Å². The molecule has 0 heterocycles. The lowest BCUT2D eigenvalue weighted by Crippen LogP contribution is -2.25. The summed E-state index contributed by atoms with van der Waals surface area (Å²) >= 11 is 0. The first kappa shape index (κ1) is 16.6. The van der Waals surface area contributed by atoms with Gasteiger partial charge in [0.1, 0.15) is 5.82 Å². The van der Waals surface area contributed by atoms with Crippen LogP contribution < -0.4 is 10.6 Å². The number of nitrogens with one attached hydrogen (secondary N) is 2. The zero-order valence-electron chi connectivity index (χ0n) is 11.6. The number of anilines is 1. The Morgan fingerprint density at radius 1 is 1.24 bits per heavy atom. The number of amides is 2. The molecule has 0 spiro atoms. The molecule has 0 unspecified atom stereocenters. The average molecular weight is 296 g/mol. The van der Waals surface area contributed by atoms with Gasteiger partial charge in [0.15, 0.2) is 0 Å². The second kappa shape index (κ2) is 7.98. The van der Waals surface area contributed by atoms with E-state index in [4.69, 9.17) is 5.11 Å². The number of carboxylic acids is 1. The largest absolute Gasteiger partial charge is 0.481 e. The number of carboxylic acid groups (broad SMARTS) is 1. The molecule has 114 valence electrons. The molecule has 6 nitrogen and oxygen atoms in total. The third-order valence-corrected chi connectivity index (χ3v) is 2.63. The number of benzene rings is 1. The molecule has 0 fully saturated rings. The lowest BCUT2D eigenvalue weighted by atomic mass is 10.1. The predicted octanol–water partition coefficient (Wildman–Crippen LogP) is 1.77. The second-order valence-corrected chi connectivity index (χ2v) is 4.48. The smallest absolute Gasteiger partial charge is 0.303 e. The monoisotopic (exact) mass is 296 g/mol. The lowest BCUT2D eigenvalue weighted by Gasteiger charge is -2.08. The molecule has 1 aromatic carbocycles. The number of carbonyl (C=O) groups excluding carboxylic acids is 2. The van der Waals surface area contributed by atoms with Gasteiger partial charge >= 0.3 is 5.97 Å². The van der Waals surface area contributed by atoms with Crippen molar-refractivity contribution in [2.45, 2.75) is 26.2 Å². The van der Waals surface area contributed by atoms with E-state index in [-0.39, 0.29) is 24.4 Å². The third-order valence-electron chi connectivity index (χ3n) is 2.63. The molecule has 7 heteroatoms. The predicted molar refractivity (Wildman–Crippen MR) is 74.5 cm³/mol. The maximum Gasteiger partial charge on any atom is 0.303 e. The summed E-state index contributed by atoms with van der Waals surface area (Å²) in [5, 5.41) is 13.4. The van der Waals surface area contributed by atoms with Crippen LogP contribution in [0.2, 0.25) is 0 Å². The molecule has 0 radical (unpaired) electrons. The van der Waals surface area contributed by atoms with Crippen molar-refractivity contribution >= 4 is 23.5 Å².